The topological polar surface area (TPSA) is 107 Å². The minimum absolute atomic E-state index is 0.0623. The lowest BCUT2D eigenvalue weighted by atomic mass is 10.1. The molecular formula is C20H29N2O6PS2. The highest BCUT2D eigenvalue weighted by molar-refractivity contribution is 8.68. The fourth-order valence-electron chi connectivity index (χ4n) is 2.10. The summed E-state index contributed by atoms with van der Waals surface area (Å²) < 4.78 is 16.5. The number of ether oxygens (including phenoxy) is 1. The van der Waals surface area contributed by atoms with E-state index in [2.05, 4.69) is 10.2 Å². The SMILES string of the molecule is CCOC(=O)/C(N=Nc1ccc(C(C)=O)cc1)=C(/O)CSP(=S)(OC(C)C)OC(C)C. The third-order valence-electron chi connectivity index (χ3n) is 3.32. The molecule has 1 aromatic carbocycles. The van der Waals surface area contributed by atoms with Gasteiger partial charge in [-0.05, 0) is 77.6 Å². The number of carbonyl (C=O) groups is 2. The predicted octanol–water partition coefficient (Wildman–Crippen LogP) is 6.11. The van der Waals surface area contributed by atoms with E-state index < -0.39 is 11.7 Å². The molecule has 8 nitrogen and oxygen atoms in total. The molecule has 0 saturated carbocycles. The van der Waals surface area contributed by atoms with E-state index in [1.807, 2.05) is 27.7 Å². The van der Waals surface area contributed by atoms with Crippen LogP contribution in [0.5, 0.6) is 0 Å². The summed E-state index contributed by atoms with van der Waals surface area (Å²) in [4.78, 5) is 23.7. The highest BCUT2D eigenvalue weighted by atomic mass is 32.9. The van der Waals surface area contributed by atoms with Crippen molar-refractivity contribution >= 4 is 46.3 Å². The van der Waals surface area contributed by atoms with Gasteiger partial charge in [0.25, 0.3) is 0 Å². The first-order valence-electron chi connectivity index (χ1n) is 9.70. The number of Topliss-reactive ketones (excluding diaryl/α,β-unsaturated/α-hetero) is 1. The van der Waals surface area contributed by atoms with Crippen LogP contribution in [0.4, 0.5) is 5.69 Å². The van der Waals surface area contributed by atoms with E-state index in [9.17, 15) is 14.7 Å². The minimum Gasteiger partial charge on any atom is -0.509 e. The van der Waals surface area contributed by atoms with Gasteiger partial charge in [-0.1, -0.05) is 11.4 Å². The number of hydrogen-bond acceptors (Lipinski definition) is 10. The van der Waals surface area contributed by atoms with Crippen molar-refractivity contribution in [2.24, 2.45) is 10.2 Å². The molecule has 0 spiro atoms. The molecule has 0 saturated heterocycles. The van der Waals surface area contributed by atoms with Crippen molar-refractivity contribution in [3.05, 3.63) is 41.3 Å². The lowest BCUT2D eigenvalue weighted by Crippen LogP contribution is -2.10. The van der Waals surface area contributed by atoms with Crippen molar-refractivity contribution in [3.8, 4) is 0 Å². The summed E-state index contributed by atoms with van der Waals surface area (Å²) in [5, 5.41) is 18.4. The predicted molar refractivity (Wildman–Crippen MR) is 126 cm³/mol. The Labute approximate surface area is 192 Å². The molecule has 0 radical (unpaired) electrons. The fourth-order valence-corrected chi connectivity index (χ4v) is 7.46. The summed E-state index contributed by atoms with van der Waals surface area (Å²) in [6.07, 6.45) is -0.323. The quantitative estimate of drug-likeness (QED) is 0.0937. The Balaban J connectivity index is 3.12. The second kappa shape index (κ2) is 13.1. The van der Waals surface area contributed by atoms with Gasteiger partial charge in [0, 0.05) is 5.56 Å². The molecule has 0 fully saturated rings. The van der Waals surface area contributed by atoms with Gasteiger partial charge in [-0.25, -0.2) is 4.79 Å². The van der Waals surface area contributed by atoms with Crippen LogP contribution in [0.3, 0.4) is 0 Å². The molecule has 172 valence electrons. The van der Waals surface area contributed by atoms with Crippen molar-refractivity contribution in [1.82, 2.24) is 0 Å². The molecule has 0 atom stereocenters. The molecule has 1 rings (SSSR count). The largest absolute Gasteiger partial charge is 0.509 e. The number of aliphatic hydroxyl groups is 1. The van der Waals surface area contributed by atoms with Crippen molar-refractivity contribution in [2.75, 3.05) is 12.4 Å². The zero-order valence-corrected chi connectivity index (χ0v) is 21.1. The zero-order valence-electron chi connectivity index (χ0n) is 18.5. The van der Waals surface area contributed by atoms with Gasteiger partial charge < -0.3 is 18.9 Å². The Morgan fingerprint density at radius 3 is 2.13 bits per heavy atom. The molecule has 1 aromatic rings. The smallest absolute Gasteiger partial charge is 0.362 e. The molecule has 0 aliphatic rings. The van der Waals surface area contributed by atoms with Crippen molar-refractivity contribution < 1.29 is 28.5 Å². The van der Waals surface area contributed by atoms with Gasteiger partial charge in [0.15, 0.2) is 5.78 Å². The summed E-state index contributed by atoms with van der Waals surface area (Å²) in [6, 6.07) is 6.37. The van der Waals surface area contributed by atoms with Crippen LogP contribution in [0.15, 0.2) is 46.0 Å². The number of azo groups is 1. The van der Waals surface area contributed by atoms with Gasteiger partial charge in [-0.15, -0.1) is 5.11 Å². The number of nitrogens with zero attached hydrogens (tertiary/aromatic N) is 2. The second-order valence-electron chi connectivity index (χ2n) is 6.85. The average Bonchev–Trinajstić information content (AvgIpc) is 2.66. The van der Waals surface area contributed by atoms with Crippen molar-refractivity contribution in [3.63, 3.8) is 0 Å². The Bertz CT molecular complexity index is 855. The fraction of sp³-hybridized carbons (Fsp3) is 0.500. The van der Waals surface area contributed by atoms with E-state index in [4.69, 9.17) is 25.6 Å². The molecule has 11 heteroatoms. The van der Waals surface area contributed by atoms with E-state index in [-0.39, 0.29) is 41.8 Å². The molecule has 1 N–H and O–H groups in total. The normalized spacial score (nSPS) is 13.0. The lowest BCUT2D eigenvalue weighted by Gasteiger charge is -2.25. The maximum absolute atomic E-state index is 12.3. The zero-order chi connectivity index (χ0) is 23.6. The van der Waals surface area contributed by atoms with Crippen LogP contribution < -0.4 is 0 Å². The molecule has 0 amide bonds. The number of esters is 1. The first kappa shape index (κ1) is 27.5. The first-order valence-corrected chi connectivity index (χ1v) is 13.9. The number of rotatable bonds is 12. The van der Waals surface area contributed by atoms with Crippen LogP contribution in [-0.4, -0.2) is 41.4 Å². The van der Waals surface area contributed by atoms with Crippen LogP contribution in [0.2, 0.25) is 0 Å². The number of benzene rings is 1. The number of ketones is 1. The Morgan fingerprint density at radius 2 is 1.68 bits per heavy atom. The molecule has 0 aliphatic carbocycles. The van der Waals surface area contributed by atoms with Crippen LogP contribution >= 0.6 is 17.1 Å². The van der Waals surface area contributed by atoms with Gasteiger partial charge >= 0.3 is 5.97 Å². The van der Waals surface area contributed by atoms with Crippen LogP contribution in [0.1, 0.15) is 51.9 Å². The van der Waals surface area contributed by atoms with E-state index in [1.54, 1.807) is 31.2 Å². The Morgan fingerprint density at radius 1 is 1.13 bits per heavy atom. The summed E-state index contributed by atoms with van der Waals surface area (Å²) in [6.45, 7) is 10.6. The highest BCUT2D eigenvalue weighted by Gasteiger charge is 2.26. The maximum atomic E-state index is 12.3. The van der Waals surface area contributed by atoms with Gasteiger partial charge in [-0.2, -0.15) is 5.11 Å². The first-order chi connectivity index (χ1) is 14.5. The Kier molecular flexibility index (Phi) is 11.6. The third-order valence-corrected chi connectivity index (χ3v) is 8.72. The van der Waals surface area contributed by atoms with Crippen LogP contribution in [-0.2, 0) is 30.4 Å². The van der Waals surface area contributed by atoms with Gasteiger partial charge in [0.2, 0.25) is 11.4 Å². The summed E-state index contributed by atoms with van der Waals surface area (Å²) >= 11 is 6.65. The molecule has 0 unspecified atom stereocenters. The highest BCUT2D eigenvalue weighted by Crippen LogP contribution is 2.62. The lowest BCUT2D eigenvalue weighted by molar-refractivity contribution is -0.138. The van der Waals surface area contributed by atoms with E-state index in [0.29, 0.717) is 11.3 Å². The second-order valence-corrected chi connectivity index (χ2v) is 13.1. The summed E-state index contributed by atoms with van der Waals surface area (Å²) in [5.41, 5.74) is -2.16. The molecular weight excluding hydrogens is 459 g/mol. The molecule has 0 aromatic heterocycles. The average molecular weight is 489 g/mol. The van der Waals surface area contributed by atoms with Gasteiger partial charge in [0.1, 0.15) is 5.76 Å². The van der Waals surface area contributed by atoms with Crippen molar-refractivity contribution in [2.45, 2.75) is 53.8 Å². The van der Waals surface area contributed by atoms with Crippen LogP contribution in [0.25, 0.3) is 0 Å². The summed E-state index contributed by atoms with van der Waals surface area (Å²) in [5.74, 6) is -1.30. The molecule has 31 heavy (non-hydrogen) atoms. The van der Waals surface area contributed by atoms with Gasteiger partial charge in [0.05, 0.1) is 30.3 Å². The third kappa shape index (κ3) is 10.1. The number of aliphatic hydroxyl groups excluding tert-OH is 1. The molecule has 0 heterocycles. The van der Waals surface area contributed by atoms with Gasteiger partial charge in [-0.3, -0.25) is 4.79 Å². The monoisotopic (exact) mass is 488 g/mol. The number of carbonyl (C=O) groups excluding carboxylic acids is 2. The van der Waals surface area contributed by atoms with Crippen LogP contribution in [0, 0.1) is 0 Å². The maximum Gasteiger partial charge on any atom is 0.362 e. The Hall–Kier alpha value is -1.58. The standard InChI is InChI=1S/C20H29N2O6PS2/c1-7-26-20(25)19(22-21-17-10-8-16(9-11-17)15(6)23)18(24)12-31-29(30,27-13(2)3)28-14(4)5/h8-11,13-14,24H,7,12H2,1-6H3/b19-18-,22-21?. The van der Waals surface area contributed by atoms with Crippen molar-refractivity contribution in [1.29, 1.82) is 0 Å². The number of hydrogen-bond donors (Lipinski definition) is 1. The van der Waals surface area contributed by atoms with E-state index in [0.717, 1.165) is 11.4 Å². The minimum atomic E-state index is -2.76. The summed E-state index contributed by atoms with van der Waals surface area (Å²) in [7, 11) is 0. The molecule has 0 aliphatic heterocycles. The van der Waals surface area contributed by atoms with E-state index >= 15 is 0 Å². The van der Waals surface area contributed by atoms with E-state index in [1.165, 1.54) is 6.92 Å². The molecule has 0 bridgehead atoms.